The van der Waals surface area contributed by atoms with Crippen LogP contribution in [0, 0.1) is 0 Å². The van der Waals surface area contributed by atoms with Crippen molar-refractivity contribution in [1.82, 2.24) is 0 Å². The predicted molar refractivity (Wildman–Crippen MR) is 77.9 cm³/mol. The summed E-state index contributed by atoms with van der Waals surface area (Å²) in [6.07, 6.45) is 14.9. The van der Waals surface area contributed by atoms with Crippen molar-refractivity contribution in [2.24, 2.45) is 0 Å². The number of unbranched alkanes of at least 4 members (excludes halogenated alkanes) is 10. The number of hydrogen-bond donors (Lipinski definition) is 1. The average molecular weight is 254 g/mol. The molecule has 0 bridgehead atoms. The second kappa shape index (κ2) is 12.7. The number of rotatable bonds is 13. The molecule has 0 amide bonds. The molecule has 1 N–H and O–H groups in total. The number of hydrogen-bond acceptors (Lipinski definition) is 1. The van der Waals surface area contributed by atoms with E-state index in [9.17, 15) is 4.79 Å². The molecule has 106 valence electrons. The molecule has 2 nitrogen and oxygen atoms in total. The second-order valence-electron chi connectivity index (χ2n) is 5.19. The molecular formula is C16H30O2. The monoisotopic (exact) mass is 254 g/mol. The lowest BCUT2D eigenvalue weighted by Crippen LogP contribution is -1.98. The van der Waals surface area contributed by atoms with Crippen molar-refractivity contribution in [1.29, 1.82) is 0 Å². The van der Waals surface area contributed by atoms with E-state index < -0.39 is 5.97 Å². The minimum absolute atomic E-state index is 0.353. The van der Waals surface area contributed by atoms with Crippen LogP contribution in [0.4, 0.5) is 0 Å². The van der Waals surface area contributed by atoms with Gasteiger partial charge in [-0.1, -0.05) is 77.7 Å². The van der Waals surface area contributed by atoms with Crippen LogP contribution >= 0.6 is 0 Å². The zero-order chi connectivity index (χ0) is 13.6. The molecule has 0 aliphatic carbocycles. The lowest BCUT2D eigenvalue weighted by atomic mass is 10.0. The van der Waals surface area contributed by atoms with Crippen LogP contribution in [-0.2, 0) is 4.79 Å². The molecule has 0 atom stereocenters. The lowest BCUT2D eigenvalue weighted by Gasteiger charge is -2.02. The van der Waals surface area contributed by atoms with Gasteiger partial charge in [0.2, 0.25) is 0 Å². The molecular weight excluding hydrogens is 224 g/mol. The summed E-state index contributed by atoms with van der Waals surface area (Å²) < 4.78 is 0. The van der Waals surface area contributed by atoms with Crippen LogP contribution in [0.3, 0.4) is 0 Å². The Balaban J connectivity index is 3.07. The summed E-state index contributed by atoms with van der Waals surface area (Å²) in [4.78, 5) is 10.5. The third kappa shape index (κ3) is 11.7. The zero-order valence-corrected chi connectivity index (χ0v) is 12.0. The van der Waals surface area contributed by atoms with E-state index in [1.807, 2.05) is 0 Å². The zero-order valence-electron chi connectivity index (χ0n) is 12.0. The van der Waals surface area contributed by atoms with Crippen LogP contribution in [0.1, 0.15) is 84.0 Å². The fraction of sp³-hybridized carbons (Fsp3) is 0.812. The van der Waals surface area contributed by atoms with Gasteiger partial charge < -0.3 is 5.11 Å². The quantitative estimate of drug-likeness (QED) is 0.356. The molecule has 0 heterocycles. The molecule has 0 unspecified atom stereocenters. The smallest absolute Gasteiger partial charge is 0.330 e. The fourth-order valence-corrected chi connectivity index (χ4v) is 2.11. The number of carboxylic acids is 1. The minimum atomic E-state index is -0.845. The third-order valence-corrected chi connectivity index (χ3v) is 3.38. The Kier molecular flexibility index (Phi) is 12.1. The van der Waals surface area contributed by atoms with Crippen molar-refractivity contribution in [3.8, 4) is 0 Å². The van der Waals surface area contributed by atoms with Gasteiger partial charge in [-0.3, -0.25) is 0 Å². The molecule has 0 aromatic heterocycles. The van der Waals surface area contributed by atoms with Gasteiger partial charge in [-0.05, 0) is 12.8 Å². The van der Waals surface area contributed by atoms with Crippen LogP contribution in [0.25, 0.3) is 0 Å². The van der Waals surface area contributed by atoms with Gasteiger partial charge in [-0.25, -0.2) is 4.79 Å². The Labute approximate surface area is 112 Å². The first kappa shape index (κ1) is 17.2. The van der Waals surface area contributed by atoms with Gasteiger partial charge in [0.1, 0.15) is 0 Å². The maximum absolute atomic E-state index is 10.5. The van der Waals surface area contributed by atoms with Gasteiger partial charge in [0, 0.05) is 5.57 Å². The summed E-state index contributed by atoms with van der Waals surface area (Å²) in [6, 6.07) is 0. The van der Waals surface area contributed by atoms with Crippen LogP contribution in [-0.4, -0.2) is 11.1 Å². The van der Waals surface area contributed by atoms with Crippen molar-refractivity contribution in [3.63, 3.8) is 0 Å². The molecule has 0 aromatic rings. The van der Waals surface area contributed by atoms with Gasteiger partial charge in [0.15, 0.2) is 0 Å². The summed E-state index contributed by atoms with van der Waals surface area (Å²) in [5.41, 5.74) is 0.353. The first-order valence-electron chi connectivity index (χ1n) is 7.59. The van der Waals surface area contributed by atoms with Crippen LogP contribution < -0.4 is 0 Å². The second-order valence-corrected chi connectivity index (χ2v) is 5.19. The summed E-state index contributed by atoms with van der Waals surface area (Å²) in [7, 11) is 0. The highest BCUT2D eigenvalue weighted by molar-refractivity contribution is 5.85. The van der Waals surface area contributed by atoms with E-state index in [0.29, 0.717) is 12.0 Å². The molecule has 18 heavy (non-hydrogen) atoms. The first-order valence-corrected chi connectivity index (χ1v) is 7.59. The molecule has 0 saturated heterocycles. The fourth-order valence-electron chi connectivity index (χ4n) is 2.11. The molecule has 2 heteroatoms. The van der Waals surface area contributed by atoms with Gasteiger partial charge in [-0.15, -0.1) is 0 Å². The Morgan fingerprint density at radius 3 is 1.61 bits per heavy atom. The summed E-state index contributed by atoms with van der Waals surface area (Å²) >= 11 is 0. The number of aliphatic carboxylic acids is 1. The molecule has 0 radical (unpaired) electrons. The van der Waals surface area contributed by atoms with Crippen LogP contribution in [0.2, 0.25) is 0 Å². The van der Waals surface area contributed by atoms with Gasteiger partial charge in [0.05, 0.1) is 0 Å². The Morgan fingerprint density at radius 1 is 0.833 bits per heavy atom. The topological polar surface area (TPSA) is 37.3 Å². The summed E-state index contributed by atoms with van der Waals surface area (Å²) in [6.45, 7) is 5.79. The van der Waals surface area contributed by atoms with Crippen molar-refractivity contribution in [2.45, 2.75) is 84.0 Å². The molecule has 0 aliphatic heterocycles. The normalized spacial score (nSPS) is 10.5. The molecule has 0 aliphatic rings. The standard InChI is InChI=1S/C16H30O2/c1-3-4-5-6-7-8-9-10-11-12-13-14-15(2)16(17)18/h2-14H2,1H3,(H,17,18). The summed E-state index contributed by atoms with van der Waals surface area (Å²) in [5, 5.41) is 8.64. The van der Waals surface area contributed by atoms with Gasteiger partial charge >= 0.3 is 5.97 Å². The molecule has 0 aromatic carbocycles. The highest BCUT2D eigenvalue weighted by Gasteiger charge is 2.02. The average Bonchev–Trinajstić information content (AvgIpc) is 2.35. The van der Waals surface area contributed by atoms with Gasteiger partial charge in [-0.2, -0.15) is 0 Å². The molecule has 0 rings (SSSR count). The predicted octanol–water partition coefficient (Wildman–Crippen LogP) is 5.33. The Bertz CT molecular complexity index is 221. The molecule has 0 spiro atoms. The van der Waals surface area contributed by atoms with Crippen molar-refractivity contribution in [3.05, 3.63) is 12.2 Å². The maximum atomic E-state index is 10.5. The lowest BCUT2D eigenvalue weighted by molar-refractivity contribution is -0.132. The van der Waals surface area contributed by atoms with Crippen molar-refractivity contribution < 1.29 is 9.90 Å². The van der Waals surface area contributed by atoms with Crippen LogP contribution in [0.5, 0.6) is 0 Å². The summed E-state index contributed by atoms with van der Waals surface area (Å²) in [5.74, 6) is -0.845. The van der Waals surface area contributed by atoms with E-state index in [1.54, 1.807) is 0 Å². The van der Waals surface area contributed by atoms with Crippen molar-refractivity contribution in [2.75, 3.05) is 0 Å². The highest BCUT2D eigenvalue weighted by Crippen LogP contribution is 2.13. The van der Waals surface area contributed by atoms with E-state index in [1.165, 1.54) is 57.8 Å². The number of carboxylic acid groups (broad SMARTS) is 1. The van der Waals surface area contributed by atoms with E-state index in [-0.39, 0.29) is 0 Å². The highest BCUT2D eigenvalue weighted by atomic mass is 16.4. The first-order chi connectivity index (χ1) is 8.68. The van der Waals surface area contributed by atoms with E-state index in [0.717, 1.165) is 12.8 Å². The number of carbonyl (C=O) groups is 1. The third-order valence-electron chi connectivity index (χ3n) is 3.38. The van der Waals surface area contributed by atoms with Gasteiger partial charge in [0.25, 0.3) is 0 Å². The maximum Gasteiger partial charge on any atom is 0.330 e. The largest absolute Gasteiger partial charge is 0.478 e. The SMILES string of the molecule is C=C(CCCCCCCCCCCCC)C(=O)O. The van der Waals surface area contributed by atoms with Crippen LogP contribution in [0.15, 0.2) is 12.2 Å². The Hall–Kier alpha value is -0.790. The van der Waals surface area contributed by atoms with E-state index >= 15 is 0 Å². The van der Waals surface area contributed by atoms with Crippen molar-refractivity contribution >= 4 is 5.97 Å². The van der Waals surface area contributed by atoms with E-state index in [2.05, 4.69) is 13.5 Å². The minimum Gasteiger partial charge on any atom is -0.478 e. The van der Waals surface area contributed by atoms with E-state index in [4.69, 9.17) is 5.11 Å². The molecule has 0 saturated carbocycles. The Morgan fingerprint density at radius 2 is 1.22 bits per heavy atom. The molecule has 0 fully saturated rings.